The van der Waals surface area contributed by atoms with Crippen molar-refractivity contribution < 1.29 is 23.1 Å². The number of carboxylic acids is 1. The maximum Gasteiger partial charge on any atom is 0.432 e. The first-order valence-corrected chi connectivity index (χ1v) is 4.12. The number of carbonyl (C=O) groups is 1. The molecule has 1 heterocycles. The predicted octanol–water partition coefficient (Wildman–Crippen LogP) is 1.46. The number of aryl methyl sites for hydroxylation is 1. The van der Waals surface area contributed by atoms with Gasteiger partial charge in [-0.1, -0.05) is 0 Å². The van der Waals surface area contributed by atoms with E-state index in [4.69, 9.17) is 5.11 Å². The van der Waals surface area contributed by atoms with Crippen LogP contribution in [-0.2, 0) is 24.4 Å². The van der Waals surface area contributed by atoms with Crippen molar-refractivity contribution in [2.45, 2.75) is 19.0 Å². The summed E-state index contributed by atoms with van der Waals surface area (Å²) in [6.07, 6.45) is -4.00. The molecule has 4 nitrogen and oxygen atoms in total. The normalized spacial score (nSPS) is 11.7. The number of hydrogen-bond donors (Lipinski definition) is 1. The smallest absolute Gasteiger partial charge is 0.432 e. The lowest BCUT2D eigenvalue weighted by molar-refractivity contribution is -0.143. The first-order valence-electron chi connectivity index (χ1n) is 4.12. The van der Waals surface area contributed by atoms with Crippen molar-refractivity contribution in [3.8, 4) is 0 Å². The van der Waals surface area contributed by atoms with Gasteiger partial charge in [0.05, 0.1) is 12.6 Å². The van der Waals surface area contributed by atoms with Gasteiger partial charge < -0.3 is 9.67 Å². The molecule has 0 unspecified atom stereocenters. The Morgan fingerprint density at radius 3 is 2.60 bits per heavy atom. The summed E-state index contributed by atoms with van der Waals surface area (Å²) >= 11 is 0. The fraction of sp³-hybridized carbons (Fsp3) is 0.500. The SMILES string of the molecule is Cn1c(C(F)(F)F)cnc1CCC(=O)O. The number of nitrogens with zero attached hydrogens (tertiary/aromatic N) is 2. The molecule has 0 aliphatic rings. The summed E-state index contributed by atoms with van der Waals surface area (Å²) in [5.74, 6) is -0.948. The second-order valence-corrected chi connectivity index (χ2v) is 3.01. The van der Waals surface area contributed by atoms with E-state index >= 15 is 0 Å². The van der Waals surface area contributed by atoms with Crippen molar-refractivity contribution >= 4 is 5.97 Å². The fourth-order valence-electron chi connectivity index (χ4n) is 1.16. The molecule has 84 valence electrons. The Labute approximate surface area is 83.3 Å². The lowest BCUT2D eigenvalue weighted by Gasteiger charge is -2.07. The number of halogens is 3. The Kier molecular flexibility index (Phi) is 3.01. The zero-order valence-electron chi connectivity index (χ0n) is 7.88. The van der Waals surface area contributed by atoms with Crippen LogP contribution in [0.4, 0.5) is 13.2 Å². The van der Waals surface area contributed by atoms with Crippen LogP contribution in [0.3, 0.4) is 0 Å². The van der Waals surface area contributed by atoms with Crippen LogP contribution in [0.15, 0.2) is 6.20 Å². The van der Waals surface area contributed by atoms with Crippen LogP contribution in [-0.4, -0.2) is 20.6 Å². The first-order chi connectivity index (χ1) is 6.82. The zero-order valence-corrected chi connectivity index (χ0v) is 7.88. The van der Waals surface area contributed by atoms with Crippen molar-refractivity contribution in [2.24, 2.45) is 7.05 Å². The van der Waals surface area contributed by atoms with E-state index in [-0.39, 0.29) is 18.7 Å². The van der Waals surface area contributed by atoms with Crippen molar-refractivity contribution in [2.75, 3.05) is 0 Å². The predicted molar refractivity (Wildman–Crippen MR) is 44.2 cm³/mol. The minimum Gasteiger partial charge on any atom is -0.481 e. The molecule has 1 aromatic rings. The van der Waals surface area contributed by atoms with Gasteiger partial charge in [0.2, 0.25) is 0 Å². The van der Waals surface area contributed by atoms with Crippen LogP contribution in [0.2, 0.25) is 0 Å². The summed E-state index contributed by atoms with van der Waals surface area (Å²) < 4.78 is 37.7. The molecule has 0 fully saturated rings. The third kappa shape index (κ3) is 2.71. The van der Waals surface area contributed by atoms with Gasteiger partial charge >= 0.3 is 12.1 Å². The quantitative estimate of drug-likeness (QED) is 0.842. The Morgan fingerprint density at radius 2 is 2.20 bits per heavy atom. The van der Waals surface area contributed by atoms with E-state index in [9.17, 15) is 18.0 Å². The molecule has 0 aromatic carbocycles. The highest BCUT2D eigenvalue weighted by atomic mass is 19.4. The van der Waals surface area contributed by atoms with Gasteiger partial charge in [0.15, 0.2) is 0 Å². The molecule has 0 spiro atoms. The highest BCUT2D eigenvalue weighted by Gasteiger charge is 2.34. The molecule has 0 amide bonds. The molecule has 15 heavy (non-hydrogen) atoms. The number of aliphatic carboxylic acids is 1. The Balaban J connectivity index is 2.85. The number of hydrogen-bond acceptors (Lipinski definition) is 2. The largest absolute Gasteiger partial charge is 0.481 e. The van der Waals surface area contributed by atoms with Crippen LogP contribution in [0, 0.1) is 0 Å². The molecule has 0 saturated carbocycles. The highest BCUT2D eigenvalue weighted by molar-refractivity contribution is 5.66. The summed E-state index contributed by atoms with van der Waals surface area (Å²) in [7, 11) is 1.22. The van der Waals surface area contributed by atoms with E-state index in [1.165, 1.54) is 7.05 Å². The second-order valence-electron chi connectivity index (χ2n) is 3.01. The first kappa shape index (κ1) is 11.5. The lowest BCUT2D eigenvalue weighted by atomic mass is 10.3. The molecule has 1 N–H and O–H groups in total. The fourth-order valence-corrected chi connectivity index (χ4v) is 1.16. The van der Waals surface area contributed by atoms with Crippen molar-refractivity contribution in [1.82, 2.24) is 9.55 Å². The monoisotopic (exact) mass is 222 g/mol. The Bertz CT molecular complexity index is 370. The Hall–Kier alpha value is -1.53. The molecule has 0 bridgehead atoms. The summed E-state index contributed by atoms with van der Waals surface area (Å²) in [6.45, 7) is 0. The number of rotatable bonds is 3. The van der Waals surface area contributed by atoms with Gasteiger partial charge in [-0.05, 0) is 0 Å². The van der Waals surface area contributed by atoms with Crippen LogP contribution in [0.1, 0.15) is 17.9 Å². The molecule has 0 saturated heterocycles. The molecule has 0 aliphatic heterocycles. The molecule has 0 atom stereocenters. The highest BCUT2D eigenvalue weighted by Crippen LogP contribution is 2.29. The zero-order chi connectivity index (χ0) is 11.6. The number of aromatic nitrogens is 2. The van der Waals surface area contributed by atoms with Gasteiger partial charge in [-0.25, -0.2) is 4.98 Å². The van der Waals surface area contributed by atoms with Gasteiger partial charge in [-0.3, -0.25) is 4.79 Å². The van der Waals surface area contributed by atoms with E-state index < -0.39 is 17.8 Å². The van der Waals surface area contributed by atoms with Crippen molar-refractivity contribution in [3.63, 3.8) is 0 Å². The second kappa shape index (κ2) is 3.92. The number of imidazole rings is 1. The maximum atomic E-state index is 12.3. The minimum atomic E-state index is -4.46. The number of alkyl halides is 3. The molecule has 1 aromatic heterocycles. The van der Waals surface area contributed by atoms with E-state index in [0.717, 1.165) is 4.57 Å². The van der Waals surface area contributed by atoms with Crippen LogP contribution >= 0.6 is 0 Å². The third-order valence-electron chi connectivity index (χ3n) is 1.94. The average Bonchev–Trinajstić information content (AvgIpc) is 2.42. The van der Waals surface area contributed by atoms with Crippen LogP contribution in [0.25, 0.3) is 0 Å². The number of carboxylic acid groups (broad SMARTS) is 1. The summed E-state index contributed by atoms with van der Waals surface area (Å²) in [5.41, 5.74) is -0.872. The van der Waals surface area contributed by atoms with Gasteiger partial charge in [-0.2, -0.15) is 13.2 Å². The maximum absolute atomic E-state index is 12.3. The minimum absolute atomic E-state index is 0.0120. The van der Waals surface area contributed by atoms with Crippen LogP contribution < -0.4 is 0 Å². The average molecular weight is 222 g/mol. The van der Waals surface area contributed by atoms with Gasteiger partial charge in [0.25, 0.3) is 0 Å². The lowest BCUT2D eigenvalue weighted by Crippen LogP contribution is -2.13. The van der Waals surface area contributed by atoms with E-state index in [0.29, 0.717) is 6.20 Å². The molecule has 1 rings (SSSR count). The summed E-state index contributed by atoms with van der Waals surface area (Å²) in [4.78, 5) is 13.8. The molecule has 0 aliphatic carbocycles. The van der Waals surface area contributed by atoms with E-state index in [2.05, 4.69) is 4.98 Å². The van der Waals surface area contributed by atoms with Crippen LogP contribution in [0.5, 0.6) is 0 Å². The Morgan fingerprint density at radius 1 is 1.60 bits per heavy atom. The van der Waals surface area contributed by atoms with Crippen molar-refractivity contribution in [3.05, 3.63) is 17.7 Å². The summed E-state index contributed by atoms with van der Waals surface area (Å²) in [6, 6.07) is 0. The summed E-state index contributed by atoms with van der Waals surface area (Å²) in [5, 5.41) is 8.37. The molecule has 7 heteroatoms. The van der Waals surface area contributed by atoms with E-state index in [1.54, 1.807) is 0 Å². The van der Waals surface area contributed by atoms with Gasteiger partial charge in [-0.15, -0.1) is 0 Å². The molecular weight excluding hydrogens is 213 g/mol. The van der Waals surface area contributed by atoms with Gasteiger partial charge in [0, 0.05) is 13.5 Å². The third-order valence-corrected chi connectivity index (χ3v) is 1.94. The van der Waals surface area contributed by atoms with Crippen molar-refractivity contribution in [1.29, 1.82) is 0 Å². The topological polar surface area (TPSA) is 55.1 Å². The molecular formula is C8H9F3N2O2. The van der Waals surface area contributed by atoms with E-state index in [1.807, 2.05) is 0 Å². The van der Waals surface area contributed by atoms with Gasteiger partial charge in [0.1, 0.15) is 11.5 Å². The molecule has 0 radical (unpaired) electrons. The standard InChI is InChI=1S/C8H9F3N2O2/c1-13-5(8(9,10)11)4-12-6(13)2-3-7(14)15/h4H,2-3H2,1H3,(H,14,15).